The summed E-state index contributed by atoms with van der Waals surface area (Å²) in [6.45, 7) is 25.5. The van der Waals surface area contributed by atoms with Gasteiger partial charge in [-0.3, -0.25) is 9.59 Å². The van der Waals surface area contributed by atoms with Crippen LogP contribution < -0.4 is 21.7 Å². The van der Waals surface area contributed by atoms with Gasteiger partial charge in [0.15, 0.2) is 0 Å². The highest BCUT2D eigenvalue weighted by atomic mass is 32.1. The second kappa shape index (κ2) is 22.5. The number of nitrogens with zero attached hydrogens (tertiary/aromatic N) is 4. The van der Waals surface area contributed by atoms with E-state index in [1.165, 1.54) is 34.3 Å². The van der Waals surface area contributed by atoms with Crippen molar-refractivity contribution in [2.75, 3.05) is 30.3 Å². The van der Waals surface area contributed by atoms with Crippen molar-refractivity contribution in [2.24, 2.45) is 5.73 Å². The lowest BCUT2D eigenvalue weighted by Crippen LogP contribution is -2.39. The van der Waals surface area contributed by atoms with Crippen LogP contribution in [-0.4, -0.2) is 86.7 Å². The van der Waals surface area contributed by atoms with Crippen molar-refractivity contribution in [3.05, 3.63) is 82.1 Å². The van der Waals surface area contributed by atoms with E-state index in [1.54, 1.807) is 32.5 Å². The van der Waals surface area contributed by atoms with Crippen LogP contribution in [0, 0.1) is 0 Å². The van der Waals surface area contributed by atoms with Gasteiger partial charge in [0.1, 0.15) is 31.2 Å². The van der Waals surface area contributed by atoms with E-state index in [-0.39, 0.29) is 24.0 Å². The van der Waals surface area contributed by atoms with Gasteiger partial charge < -0.3 is 41.0 Å². The minimum absolute atomic E-state index is 0.0295. The van der Waals surface area contributed by atoms with Gasteiger partial charge in [-0.1, -0.05) is 58.5 Å². The Morgan fingerprint density at radius 3 is 1.54 bits per heavy atom. The van der Waals surface area contributed by atoms with Crippen LogP contribution in [-0.2, 0) is 45.0 Å². The number of carbonyl (C=O) groups excluding carboxylic acids is 4. The van der Waals surface area contributed by atoms with Gasteiger partial charge in [-0.15, -0.1) is 45.3 Å². The normalized spacial score (nSPS) is 13.5. The number of thiophene rings is 2. The van der Waals surface area contributed by atoms with Crippen molar-refractivity contribution in [1.82, 2.24) is 25.1 Å². The van der Waals surface area contributed by atoms with Crippen molar-refractivity contribution in [3.63, 3.8) is 0 Å². The lowest BCUT2D eigenvalue weighted by atomic mass is 10.0. The van der Waals surface area contributed by atoms with Gasteiger partial charge in [-0.2, -0.15) is 0 Å². The number of nitrogens with one attached hydrogen (secondary N) is 3. The highest BCUT2D eigenvalue weighted by Gasteiger charge is 2.33. The number of amides is 4. The Kier molecular flexibility index (Phi) is 17.2. The van der Waals surface area contributed by atoms with E-state index in [2.05, 4.69) is 42.4 Å². The number of fused-ring (bicyclic) bond motifs is 4. The molecule has 0 unspecified atom stereocenters. The molecule has 8 rings (SSSR count). The van der Waals surface area contributed by atoms with Crippen LogP contribution in [0.3, 0.4) is 0 Å². The predicted octanol–water partition coefficient (Wildman–Crippen LogP) is 11.4. The van der Waals surface area contributed by atoms with Crippen LogP contribution in [0.5, 0.6) is 0 Å². The summed E-state index contributed by atoms with van der Waals surface area (Å²) in [7, 11) is 0. The third-order valence-electron chi connectivity index (χ3n) is 10.0. The summed E-state index contributed by atoms with van der Waals surface area (Å²) >= 11 is 6.26. The van der Waals surface area contributed by atoms with Crippen LogP contribution in [0.15, 0.2) is 61.2 Å². The summed E-state index contributed by atoms with van der Waals surface area (Å²) in [5.41, 5.74) is 10.2. The first-order valence-electron chi connectivity index (χ1n) is 22.8. The fourth-order valence-corrected chi connectivity index (χ4v) is 12.0. The molecule has 364 valence electrons. The standard InChI is InChI=1S/C25H32N4O3S2.C22H23N3O3S2.C3H9N/c1-15(2)26-12-10-20(30)28-23-21(22-27-17-8-6-7-9-18(17)33-22)16-11-13-29(14-19(16)34-23)24(31)32-25(3,4)5;1-5-17(26)24-20-18(19-23-14-8-6-7-9-15(14)29-19)13-10-11-25(12-16(13)30-20)21(27)28-22(2,3)4;1-3(2)4/h6-9,15,26H,10-14H2,1-5H3,(H,28,30);5-9H,1,10-12H2,2-4H3,(H,24,26);3H,4H2,1-2H3. The number of benzene rings is 2. The van der Waals surface area contributed by atoms with Gasteiger partial charge in [0.25, 0.3) is 0 Å². The summed E-state index contributed by atoms with van der Waals surface area (Å²) in [5.74, 6) is -0.293. The average molecular weight is 1000 g/mol. The Labute approximate surface area is 415 Å². The number of thiazole rings is 2. The molecule has 0 fully saturated rings. The largest absolute Gasteiger partial charge is 0.444 e. The third-order valence-corrected chi connectivity index (χ3v) is 14.4. The van der Waals surface area contributed by atoms with E-state index in [0.717, 1.165) is 66.9 Å². The zero-order valence-electron chi connectivity index (χ0n) is 40.7. The minimum Gasteiger partial charge on any atom is -0.444 e. The minimum atomic E-state index is -0.540. The molecule has 4 amide bonds. The highest BCUT2D eigenvalue weighted by Crippen LogP contribution is 2.47. The van der Waals surface area contributed by atoms with Gasteiger partial charge in [0.05, 0.1) is 33.5 Å². The number of hydrogen-bond donors (Lipinski definition) is 4. The molecule has 4 aromatic heterocycles. The number of nitrogens with two attached hydrogens (primary N) is 1. The summed E-state index contributed by atoms with van der Waals surface area (Å²) in [6, 6.07) is 16.7. The maximum absolute atomic E-state index is 12.7. The monoisotopic (exact) mass is 1000 g/mol. The van der Waals surface area contributed by atoms with Gasteiger partial charge in [-0.25, -0.2) is 19.6 Å². The van der Waals surface area contributed by atoms with Crippen molar-refractivity contribution in [2.45, 2.75) is 125 Å². The molecule has 0 saturated heterocycles. The molecule has 0 aliphatic carbocycles. The number of anilines is 2. The van der Waals surface area contributed by atoms with Crippen molar-refractivity contribution in [3.8, 4) is 21.1 Å². The Bertz CT molecular complexity index is 2690. The van der Waals surface area contributed by atoms with Crippen LogP contribution in [0.25, 0.3) is 41.6 Å². The molecule has 0 bridgehead atoms. The topological polar surface area (TPSA) is 181 Å². The first kappa shape index (κ1) is 52.1. The molecule has 6 heterocycles. The first-order chi connectivity index (χ1) is 32.1. The zero-order chi connectivity index (χ0) is 49.5. The summed E-state index contributed by atoms with van der Waals surface area (Å²) in [5, 5.41) is 12.7. The Morgan fingerprint density at radius 2 is 1.15 bits per heavy atom. The van der Waals surface area contributed by atoms with Gasteiger partial charge in [0, 0.05) is 53.0 Å². The number of ether oxygens (including phenoxy) is 2. The number of hydrogen-bond acceptors (Lipinski definition) is 14. The van der Waals surface area contributed by atoms with Crippen LogP contribution in [0.1, 0.15) is 96.5 Å². The summed E-state index contributed by atoms with van der Waals surface area (Å²) < 4.78 is 13.3. The number of carbonyl (C=O) groups is 4. The molecule has 18 heteroatoms. The Morgan fingerprint density at radius 1 is 0.721 bits per heavy atom. The molecule has 0 atom stereocenters. The summed E-state index contributed by atoms with van der Waals surface area (Å²) in [4.78, 5) is 65.3. The summed E-state index contributed by atoms with van der Waals surface area (Å²) in [6.07, 6.45) is 2.40. The smallest absolute Gasteiger partial charge is 0.410 e. The number of rotatable bonds is 9. The van der Waals surface area contributed by atoms with E-state index in [4.69, 9.17) is 25.2 Å². The fraction of sp³-hybridized carbons (Fsp3) is 0.440. The fourth-order valence-electron chi connectivity index (χ4n) is 7.18. The third kappa shape index (κ3) is 13.9. The molecule has 0 radical (unpaired) electrons. The second-order valence-corrected chi connectivity index (χ2v) is 23.3. The van der Waals surface area contributed by atoms with Crippen LogP contribution in [0.4, 0.5) is 19.6 Å². The average Bonchev–Trinajstić information content (AvgIpc) is 4.03. The Balaban J connectivity index is 0.000000209. The molecular weight excluding hydrogens is 937 g/mol. The molecule has 6 aromatic rings. The van der Waals surface area contributed by atoms with Gasteiger partial charge in [-0.05, 0) is 102 Å². The lowest BCUT2D eigenvalue weighted by molar-refractivity contribution is -0.116. The number of para-hydroxylation sites is 2. The van der Waals surface area contributed by atoms with Crippen molar-refractivity contribution < 1.29 is 28.7 Å². The van der Waals surface area contributed by atoms with E-state index in [0.29, 0.717) is 64.1 Å². The number of aromatic nitrogens is 2. The molecule has 0 saturated carbocycles. The molecular formula is C50H64N8O6S4. The molecule has 5 N–H and O–H groups in total. The maximum Gasteiger partial charge on any atom is 0.410 e. The van der Waals surface area contributed by atoms with Crippen LogP contribution in [0.2, 0.25) is 0 Å². The predicted molar refractivity (Wildman–Crippen MR) is 281 cm³/mol. The quantitative estimate of drug-likeness (QED) is 0.102. The zero-order valence-corrected chi connectivity index (χ0v) is 43.9. The first-order valence-corrected chi connectivity index (χ1v) is 26.0. The Hall–Kier alpha value is -5.24. The maximum atomic E-state index is 12.7. The molecule has 2 aliphatic heterocycles. The SMILES string of the molecule is C=CC(=O)Nc1sc2c(c1-c1nc3ccccc3s1)CCN(C(=O)OC(C)(C)C)C2.CC(C)N.CC(C)NCCC(=O)Nc1sc2c(c1-c1nc3ccccc3s1)CCN(C(=O)OC(C)(C)C)C2. The van der Waals surface area contributed by atoms with E-state index in [9.17, 15) is 19.2 Å². The van der Waals surface area contributed by atoms with Crippen molar-refractivity contribution >= 4 is 99.8 Å². The lowest BCUT2D eigenvalue weighted by Gasteiger charge is -2.30. The molecule has 2 aromatic carbocycles. The van der Waals surface area contributed by atoms with Gasteiger partial charge >= 0.3 is 12.2 Å². The van der Waals surface area contributed by atoms with Crippen molar-refractivity contribution in [1.29, 1.82) is 0 Å². The van der Waals surface area contributed by atoms with E-state index >= 15 is 0 Å². The molecule has 68 heavy (non-hydrogen) atoms. The second-order valence-electron chi connectivity index (χ2n) is 19.0. The van der Waals surface area contributed by atoms with Gasteiger partial charge in [0.2, 0.25) is 11.8 Å². The molecule has 0 spiro atoms. The van der Waals surface area contributed by atoms with Crippen LogP contribution >= 0.6 is 45.3 Å². The molecule has 14 nitrogen and oxygen atoms in total. The van der Waals surface area contributed by atoms with E-state index < -0.39 is 11.2 Å². The highest BCUT2D eigenvalue weighted by molar-refractivity contribution is 7.23. The molecule has 2 aliphatic rings. The van der Waals surface area contributed by atoms with E-state index in [1.807, 2.05) is 97.9 Å².